The Bertz CT molecular complexity index is 427. The Kier molecular flexibility index (Phi) is 4.80. The van der Waals surface area contributed by atoms with Crippen molar-refractivity contribution in [2.45, 2.75) is 51.7 Å². The van der Waals surface area contributed by atoms with Gasteiger partial charge in [0.05, 0.1) is 0 Å². The molecular formula is C15H23N3O. The highest BCUT2D eigenvalue weighted by atomic mass is 16.2. The summed E-state index contributed by atoms with van der Waals surface area (Å²) in [6, 6.07) is 8.68. The lowest BCUT2D eigenvalue weighted by atomic mass is 9.93. The fraction of sp³-hybridized carbons (Fsp3) is 0.533. The van der Waals surface area contributed by atoms with Crippen molar-refractivity contribution in [1.29, 1.82) is 0 Å². The van der Waals surface area contributed by atoms with Gasteiger partial charge in [0.25, 0.3) is 0 Å². The Hall–Kier alpha value is -1.55. The van der Waals surface area contributed by atoms with Crippen LogP contribution in [0.3, 0.4) is 0 Å². The standard InChI is InChI=1S/C15H23N3O/c1-11(2)16-10-12-5-3-8-14(9-12)18-15(19)17-13-6-4-7-13/h3,5,8-9,11,13,16H,4,6-7,10H2,1-2H3,(H2,17,18,19). The molecule has 104 valence electrons. The summed E-state index contributed by atoms with van der Waals surface area (Å²) >= 11 is 0. The molecule has 0 spiro atoms. The van der Waals surface area contributed by atoms with Gasteiger partial charge in [-0.25, -0.2) is 4.79 Å². The molecule has 4 nitrogen and oxygen atoms in total. The molecule has 19 heavy (non-hydrogen) atoms. The molecule has 4 heteroatoms. The largest absolute Gasteiger partial charge is 0.335 e. The summed E-state index contributed by atoms with van der Waals surface area (Å²) in [5, 5.41) is 9.22. The van der Waals surface area contributed by atoms with E-state index in [-0.39, 0.29) is 6.03 Å². The van der Waals surface area contributed by atoms with Crippen molar-refractivity contribution >= 4 is 11.7 Å². The summed E-state index contributed by atoms with van der Waals surface area (Å²) < 4.78 is 0. The van der Waals surface area contributed by atoms with Crippen LogP contribution in [-0.4, -0.2) is 18.1 Å². The lowest BCUT2D eigenvalue weighted by molar-refractivity contribution is 0.240. The number of nitrogens with one attached hydrogen (secondary N) is 3. The predicted octanol–water partition coefficient (Wildman–Crippen LogP) is 2.86. The third-order valence-electron chi connectivity index (χ3n) is 3.34. The molecule has 2 amide bonds. The van der Waals surface area contributed by atoms with Gasteiger partial charge in [-0.1, -0.05) is 26.0 Å². The van der Waals surface area contributed by atoms with Crippen LogP contribution in [0.5, 0.6) is 0 Å². The number of carbonyl (C=O) groups is 1. The summed E-state index contributed by atoms with van der Waals surface area (Å²) in [7, 11) is 0. The van der Waals surface area contributed by atoms with Gasteiger partial charge in [0, 0.05) is 24.3 Å². The monoisotopic (exact) mass is 261 g/mol. The third kappa shape index (κ3) is 4.56. The normalized spacial score (nSPS) is 15.1. The molecule has 1 aromatic carbocycles. The summed E-state index contributed by atoms with van der Waals surface area (Å²) in [5.74, 6) is 0. The molecular weight excluding hydrogens is 238 g/mol. The molecule has 0 bridgehead atoms. The zero-order valence-electron chi connectivity index (χ0n) is 11.7. The first-order valence-corrected chi connectivity index (χ1v) is 7.03. The Morgan fingerprint density at radius 1 is 1.37 bits per heavy atom. The van der Waals surface area contributed by atoms with Gasteiger partial charge in [0.15, 0.2) is 0 Å². The van der Waals surface area contributed by atoms with Gasteiger partial charge in [-0.15, -0.1) is 0 Å². The van der Waals surface area contributed by atoms with E-state index in [0.717, 1.165) is 25.1 Å². The van der Waals surface area contributed by atoms with E-state index in [4.69, 9.17) is 0 Å². The number of carbonyl (C=O) groups excluding carboxylic acids is 1. The number of hydrogen-bond donors (Lipinski definition) is 3. The third-order valence-corrected chi connectivity index (χ3v) is 3.34. The van der Waals surface area contributed by atoms with Gasteiger partial charge in [-0.2, -0.15) is 0 Å². The van der Waals surface area contributed by atoms with Crippen LogP contribution < -0.4 is 16.0 Å². The molecule has 3 N–H and O–H groups in total. The van der Waals surface area contributed by atoms with Crippen molar-refractivity contribution < 1.29 is 4.79 Å². The van der Waals surface area contributed by atoms with E-state index in [2.05, 4.69) is 35.9 Å². The fourth-order valence-electron chi connectivity index (χ4n) is 1.99. The number of urea groups is 1. The number of benzene rings is 1. The van der Waals surface area contributed by atoms with Crippen molar-refractivity contribution in [2.75, 3.05) is 5.32 Å². The lowest BCUT2D eigenvalue weighted by Gasteiger charge is -2.26. The predicted molar refractivity (Wildman–Crippen MR) is 78.2 cm³/mol. The van der Waals surface area contributed by atoms with E-state index in [1.165, 1.54) is 12.0 Å². The molecule has 1 aliphatic carbocycles. The molecule has 0 radical (unpaired) electrons. The zero-order chi connectivity index (χ0) is 13.7. The van der Waals surface area contributed by atoms with Crippen LogP contribution in [0.2, 0.25) is 0 Å². The Labute approximate surface area is 115 Å². The second-order valence-corrected chi connectivity index (χ2v) is 5.46. The van der Waals surface area contributed by atoms with Gasteiger partial charge in [0.1, 0.15) is 0 Å². The summed E-state index contributed by atoms with van der Waals surface area (Å²) in [6.07, 6.45) is 3.43. The first-order chi connectivity index (χ1) is 9.13. The summed E-state index contributed by atoms with van der Waals surface area (Å²) in [6.45, 7) is 5.06. The maximum absolute atomic E-state index is 11.8. The maximum Gasteiger partial charge on any atom is 0.319 e. The van der Waals surface area contributed by atoms with Gasteiger partial charge >= 0.3 is 6.03 Å². The van der Waals surface area contributed by atoms with E-state index in [0.29, 0.717) is 12.1 Å². The van der Waals surface area contributed by atoms with E-state index in [9.17, 15) is 4.79 Å². The van der Waals surface area contributed by atoms with Gasteiger partial charge < -0.3 is 16.0 Å². The average Bonchev–Trinajstić information content (AvgIpc) is 2.32. The molecule has 0 unspecified atom stereocenters. The van der Waals surface area contributed by atoms with Crippen molar-refractivity contribution in [2.24, 2.45) is 0 Å². The van der Waals surface area contributed by atoms with Crippen molar-refractivity contribution in [3.63, 3.8) is 0 Å². The Morgan fingerprint density at radius 2 is 2.16 bits per heavy atom. The minimum atomic E-state index is -0.0985. The molecule has 0 heterocycles. The number of hydrogen-bond acceptors (Lipinski definition) is 2. The SMILES string of the molecule is CC(C)NCc1cccc(NC(=O)NC2CCC2)c1. The van der Waals surface area contributed by atoms with Crippen LogP contribution in [-0.2, 0) is 6.54 Å². The minimum Gasteiger partial charge on any atom is -0.335 e. The van der Waals surface area contributed by atoms with Crippen molar-refractivity contribution in [3.05, 3.63) is 29.8 Å². The van der Waals surface area contributed by atoms with E-state index in [1.54, 1.807) is 0 Å². The van der Waals surface area contributed by atoms with Gasteiger partial charge in [-0.3, -0.25) is 0 Å². The smallest absolute Gasteiger partial charge is 0.319 e. The molecule has 1 fully saturated rings. The molecule has 1 aromatic rings. The summed E-state index contributed by atoms with van der Waals surface area (Å²) in [4.78, 5) is 11.8. The molecule has 0 saturated heterocycles. The van der Waals surface area contributed by atoms with E-state index >= 15 is 0 Å². The fourth-order valence-corrected chi connectivity index (χ4v) is 1.99. The molecule has 0 aromatic heterocycles. The van der Waals surface area contributed by atoms with Crippen LogP contribution in [0.4, 0.5) is 10.5 Å². The molecule has 0 atom stereocenters. The van der Waals surface area contributed by atoms with Crippen LogP contribution in [0.1, 0.15) is 38.7 Å². The van der Waals surface area contributed by atoms with Crippen LogP contribution in [0.25, 0.3) is 0 Å². The topological polar surface area (TPSA) is 53.2 Å². The van der Waals surface area contributed by atoms with Crippen LogP contribution in [0.15, 0.2) is 24.3 Å². The quantitative estimate of drug-likeness (QED) is 0.763. The Balaban J connectivity index is 1.85. The summed E-state index contributed by atoms with van der Waals surface area (Å²) in [5.41, 5.74) is 2.02. The molecule has 0 aliphatic heterocycles. The van der Waals surface area contributed by atoms with Crippen molar-refractivity contribution in [1.82, 2.24) is 10.6 Å². The van der Waals surface area contributed by atoms with Gasteiger partial charge in [-0.05, 0) is 37.0 Å². The second kappa shape index (κ2) is 6.57. The highest BCUT2D eigenvalue weighted by Crippen LogP contribution is 2.18. The van der Waals surface area contributed by atoms with E-state index < -0.39 is 0 Å². The zero-order valence-corrected chi connectivity index (χ0v) is 11.7. The number of amides is 2. The van der Waals surface area contributed by atoms with Crippen LogP contribution in [0, 0.1) is 0 Å². The van der Waals surface area contributed by atoms with Crippen LogP contribution >= 0.6 is 0 Å². The first kappa shape index (κ1) is 13.9. The lowest BCUT2D eigenvalue weighted by Crippen LogP contribution is -2.41. The number of rotatable bonds is 5. The molecule has 1 saturated carbocycles. The Morgan fingerprint density at radius 3 is 2.79 bits per heavy atom. The maximum atomic E-state index is 11.8. The average molecular weight is 261 g/mol. The second-order valence-electron chi connectivity index (χ2n) is 5.46. The molecule has 2 rings (SSSR count). The molecule has 1 aliphatic rings. The van der Waals surface area contributed by atoms with E-state index in [1.807, 2.05) is 18.2 Å². The van der Waals surface area contributed by atoms with Gasteiger partial charge in [0.2, 0.25) is 0 Å². The highest BCUT2D eigenvalue weighted by molar-refractivity contribution is 5.89. The minimum absolute atomic E-state index is 0.0985. The highest BCUT2D eigenvalue weighted by Gasteiger charge is 2.19. The number of anilines is 1. The van der Waals surface area contributed by atoms with Crippen molar-refractivity contribution in [3.8, 4) is 0 Å². The first-order valence-electron chi connectivity index (χ1n) is 7.03.